The normalized spacial score (nSPS) is 24.4. The molecule has 21 heavy (non-hydrogen) atoms. The zero-order valence-corrected chi connectivity index (χ0v) is 12.5. The number of imide groups is 1. The Morgan fingerprint density at radius 2 is 1.76 bits per heavy atom. The Kier molecular flexibility index (Phi) is 3.42. The molecule has 0 aromatic carbocycles. The van der Waals surface area contributed by atoms with Crippen LogP contribution >= 0.6 is 0 Å². The van der Waals surface area contributed by atoms with Gasteiger partial charge < -0.3 is 4.90 Å². The van der Waals surface area contributed by atoms with Crippen molar-refractivity contribution in [2.75, 3.05) is 53.9 Å². The van der Waals surface area contributed by atoms with Crippen LogP contribution in [0.5, 0.6) is 0 Å². The zero-order valence-electron chi connectivity index (χ0n) is 12.5. The van der Waals surface area contributed by atoms with E-state index in [9.17, 15) is 9.59 Å². The van der Waals surface area contributed by atoms with Crippen LogP contribution in [0.2, 0.25) is 0 Å². The number of carbonyl (C=O) groups excluding carboxylic acids is 2. The van der Waals surface area contributed by atoms with Gasteiger partial charge in [0.05, 0.1) is 20.6 Å². The highest BCUT2D eigenvalue weighted by molar-refractivity contribution is 6.70. The van der Waals surface area contributed by atoms with E-state index < -0.39 is 0 Å². The third-order valence-corrected chi connectivity index (χ3v) is 4.05. The SMILES string of the molecule is CN1CCN(CC2=NC3=[N+](C)C(=O)N(C)C(=O)C3=N2)CC1. The molecule has 0 bridgehead atoms. The Bertz CT molecular complexity index is 598. The number of urea groups is 1. The number of amidine groups is 2. The molecule has 0 aliphatic carbocycles. The number of likely N-dealkylation sites (N-methyl/N-ethyl adjacent to an activating group) is 1. The summed E-state index contributed by atoms with van der Waals surface area (Å²) in [6.07, 6.45) is 0. The molecule has 0 aromatic rings. The maximum Gasteiger partial charge on any atom is 0.446 e. The third-order valence-electron chi connectivity index (χ3n) is 4.05. The van der Waals surface area contributed by atoms with Crippen LogP contribution in [0, 0.1) is 0 Å². The lowest BCUT2D eigenvalue weighted by atomic mass is 10.2. The van der Waals surface area contributed by atoms with Crippen LogP contribution in [0.15, 0.2) is 9.98 Å². The van der Waals surface area contributed by atoms with E-state index in [0.29, 0.717) is 18.2 Å². The van der Waals surface area contributed by atoms with Gasteiger partial charge in [-0.3, -0.25) is 4.90 Å². The number of nitrogens with zero attached hydrogens (tertiary/aromatic N) is 6. The van der Waals surface area contributed by atoms with Crippen LogP contribution in [0.1, 0.15) is 0 Å². The minimum absolute atomic E-state index is 0.267. The lowest BCUT2D eigenvalue weighted by Crippen LogP contribution is -2.51. The van der Waals surface area contributed by atoms with Crippen LogP contribution in [0.25, 0.3) is 0 Å². The fourth-order valence-corrected chi connectivity index (χ4v) is 2.59. The van der Waals surface area contributed by atoms with Gasteiger partial charge in [-0.05, 0) is 7.05 Å². The van der Waals surface area contributed by atoms with E-state index >= 15 is 0 Å². The lowest BCUT2D eigenvalue weighted by molar-refractivity contribution is -0.401. The van der Waals surface area contributed by atoms with Gasteiger partial charge >= 0.3 is 17.8 Å². The van der Waals surface area contributed by atoms with Crippen molar-refractivity contribution >= 4 is 29.3 Å². The molecule has 0 aromatic heterocycles. The molecule has 0 spiro atoms. The number of carbonyl (C=O) groups is 2. The van der Waals surface area contributed by atoms with Crippen LogP contribution in [-0.4, -0.2) is 102 Å². The summed E-state index contributed by atoms with van der Waals surface area (Å²) in [5.74, 6) is 0.588. The molecule has 3 aliphatic heterocycles. The predicted molar refractivity (Wildman–Crippen MR) is 78.2 cm³/mol. The van der Waals surface area contributed by atoms with E-state index in [1.54, 1.807) is 7.05 Å². The number of hydrogen-bond donors (Lipinski definition) is 0. The zero-order chi connectivity index (χ0) is 15.1. The summed E-state index contributed by atoms with van der Waals surface area (Å²) in [6.45, 7) is 4.55. The fraction of sp³-hybridized carbons (Fsp3) is 0.615. The van der Waals surface area contributed by atoms with E-state index in [1.165, 1.54) is 11.6 Å². The van der Waals surface area contributed by atoms with Crippen molar-refractivity contribution in [3.63, 3.8) is 0 Å². The molecule has 112 valence electrons. The average Bonchev–Trinajstić information content (AvgIpc) is 2.89. The van der Waals surface area contributed by atoms with Gasteiger partial charge in [0.2, 0.25) is 11.5 Å². The number of aliphatic imine (C=N–C) groups is 2. The van der Waals surface area contributed by atoms with Gasteiger partial charge in [0.25, 0.3) is 0 Å². The Morgan fingerprint density at radius 1 is 1.10 bits per heavy atom. The molecular weight excluding hydrogens is 272 g/mol. The maximum absolute atomic E-state index is 12.1. The number of fused-ring (bicyclic) bond motifs is 1. The summed E-state index contributed by atoms with van der Waals surface area (Å²) in [4.78, 5) is 38.3. The summed E-state index contributed by atoms with van der Waals surface area (Å²) in [6, 6.07) is -0.376. The van der Waals surface area contributed by atoms with Crippen molar-refractivity contribution in [3.05, 3.63) is 0 Å². The first-order valence-electron chi connectivity index (χ1n) is 6.97. The van der Waals surface area contributed by atoms with Crippen molar-refractivity contribution in [2.45, 2.75) is 0 Å². The van der Waals surface area contributed by atoms with Crippen molar-refractivity contribution < 1.29 is 14.2 Å². The molecule has 8 heteroatoms. The van der Waals surface area contributed by atoms with E-state index in [1.807, 2.05) is 0 Å². The molecular formula is C13H19N6O2+. The first-order chi connectivity index (χ1) is 9.97. The molecule has 0 unspecified atom stereocenters. The van der Waals surface area contributed by atoms with Gasteiger partial charge in [0.1, 0.15) is 0 Å². The minimum Gasteiger partial charge on any atom is -0.304 e. The molecule has 0 saturated carbocycles. The Hall–Kier alpha value is -1.93. The summed E-state index contributed by atoms with van der Waals surface area (Å²) < 4.78 is 1.37. The molecule has 0 atom stereocenters. The number of piperazine rings is 1. The minimum atomic E-state index is -0.384. The molecule has 3 rings (SSSR count). The maximum atomic E-state index is 12.1. The number of hydrogen-bond acceptors (Lipinski definition) is 6. The number of amides is 3. The van der Waals surface area contributed by atoms with Crippen LogP contribution < -0.4 is 0 Å². The summed E-state index contributed by atoms with van der Waals surface area (Å²) >= 11 is 0. The van der Waals surface area contributed by atoms with Crippen LogP contribution in [-0.2, 0) is 4.79 Å². The van der Waals surface area contributed by atoms with Crippen LogP contribution in [0.4, 0.5) is 4.79 Å². The first kappa shape index (κ1) is 14.0. The largest absolute Gasteiger partial charge is 0.446 e. The molecule has 8 nitrogen and oxygen atoms in total. The molecule has 1 saturated heterocycles. The second kappa shape index (κ2) is 5.12. The van der Waals surface area contributed by atoms with Gasteiger partial charge in [-0.2, -0.15) is 9.48 Å². The Labute approximate surface area is 123 Å². The predicted octanol–water partition coefficient (Wildman–Crippen LogP) is -1.28. The third kappa shape index (κ3) is 2.40. The van der Waals surface area contributed by atoms with Crippen molar-refractivity contribution in [1.82, 2.24) is 14.7 Å². The Morgan fingerprint density at radius 3 is 2.43 bits per heavy atom. The topological polar surface area (TPSA) is 71.6 Å². The van der Waals surface area contributed by atoms with Gasteiger partial charge in [-0.15, -0.1) is 0 Å². The second-order valence-electron chi connectivity index (χ2n) is 5.60. The quantitative estimate of drug-likeness (QED) is 0.594. The summed E-state index contributed by atoms with van der Waals surface area (Å²) in [7, 11) is 5.17. The first-order valence-corrected chi connectivity index (χ1v) is 6.97. The monoisotopic (exact) mass is 291 g/mol. The fourth-order valence-electron chi connectivity index (χ4n) is 2.59. The summed E-state index contributed by atoms with van der Waals surface area (Å²) in [5, 5.41) is 0. The van der Waals surface area contributed by atoms with Crippen LogP contribution in [0.3, 0.4) is 0 Å². The smallest absolute Gasteiger partial charge is 0.304 e. The van der Waals surface area contributed by atoms with Gasteiger partial charge in [-0.25, -0.2) is 14.6 Å². The van der Waals surface area contributed by atoms with Crippen molar-refractivity contribution in [3.8, 4) is 0 Å². The molecule has 3 amide bonds. The average molecular weight is 291 g/mol. The lowest BCUT2D eigenvalue weighted by Gasteiger charge is -2.31. The highest BCUT2D eigenvalue weighted by atomic mass is 16.2. The molecule has 1 fully saturated rings. The number of rotatable bonds is 2. The highest BCUT2D eigenvalue weighted by Gasteiger charge is 2.44. The van der Waals surface area contributed by atoms with Gasteiger partial charge in [0, 0.05) is 26.2 Å². The molecule has 3 heterocycles. The van der Waals surface area contributed by atoms with E-state index in [0.717, 1.165) is 31.1 Å². The molecule has 0 N–H and O–H groups in total. The van der Waals surface area contributed by atoms with Gasteiger partial charge in [-0.1, -0.05) is 4.99 Å². The highest BCUT2D eigenvalue weighted by Crippen LogP contribution is 2.11. The van der Waals surface area contributed by atoms with Crippen molar-refractivity contribution in [2.24, 2.45) is 9.98 Å². The standard InChI is InChI=1S/C13H19N6O2/c1-16-4-6-19(7-5-16)8-9-14-10-11(15-9)17(2)13(21)18(3)12(10)20/h4-8H2,1-3H3/q+1. The van der Waals surface area contributed by atoms with E-state index in [4.69, 9.17) is 0 Å². The summed E-state index contributed by atoms with van der Waals surface area (Å²) in [5.41, 5.74) is 0.267. The van der Waals surface area contributed by atoms with Crippen molar-refractivity contribution in [1.29, 1.82) is 0 Å². The molecule has 0 radical (unpaired) electrons. The van der Waals surface area contributed by atoms with Gasteiger partial charge in [0.15, 0.2) is 0 Å². The second-order valence-corrected chi connectivity index (χ2v) is 5.60. The van der Waals surface area contributed by atoms with E-state index in [-0.39, 0.29) is 17.6 Å². The Balaban J connectivity index is 1.80. The molecule has 3 aliphatic rings. The van der Waals surface area contributed by atoms with E-state index in [2.05, 4.69) is 26.8 Å².